The predicted octanol–water partition coefficient (Wildman–Crippen LogP) is 2.56. The monoisotopic (exact) mass is 400 g/mol. The van der Waals surface area contributed by atoms with Gasteiger partial charge in [-0.25, -0.2) is 4.98 Å². The number of aryl methyl sites for hydroxylation is 1. The first kappa shape index (κ1) is 17.7. The lowest BCUT2D eigenvalue weighted by Crippen LogP contribution is -2.15. The van der Waals surface area contributed by atoms with Crippen LogP contribution in [0.4, 0.5) is 0 Å². The van der Waals surface area contributed by atoms with E-state index in [0.29, 0.717) is 16.4 Å². The fourth-order valence-corrected chi connectivity index (χ4v) is 4.17. The molecule has 0 saturated carbocycles. The molecule has 10 heteroatoms. The van der Waals surface area contributed by atoms with Crippen LogP contribution in [0.15, 0.2) is 40.3 Å². The van der Waals surface area contributed by atoms with Gasteiger partial charge in [0.25, 0.3) is 5.56 Å². The highest BCUT2D eigenvalue weighted by molar-refractivity contribution is 7.98. The predicted molar refractivity (Wildman–Crippen MR) is 104 cm³/mol. The summed E-state index contributed by atoms with van der Waals surface area (Å²) < 4.78 is 8.44. The second-order valence-corrected chi connectivity index (χ2v) is 7.89. The molecule has 0 radical (unpaired) electrons. The number of rotatable bonds is 5. The molecule has 0 saturated heterocycles. The molecule has 0 aliphatic rings. The van der Waals surface area contributed by atoms with Crippen LogP contribution in [0.1, 0.15) is 10.7 Å². The van der Waals surface area contributed by atoms with E-state index in [4.69, 9.17) is 4.74 Å². The van der Waals surface area contributed by atoms with E-state index < -0.39 is 0 Å². The molecule has 4 aromatic rings. The number of thioether (sulfide) groups is 1. The lowest BCUT2D eigenvalue weighted by Gasteiger charge is -2.05. The number of nitrogens with zero attached hydrogens (tertiary/aromatic N) is 6. The Hall–Kier alpha value is -2.72. The van der Waals surface area contributed by atoms with Gasteiger partial charge in [-0.2, -0.15) is 9.61 Å². The molecule has 0 spiro atoms. The maximum atomic E-state index is 12.1. The second-order valence-electron chi connectivity index (χ2n) is 5.78. The maximum Gasteiger partial charge on any atom is 0.275 e. The SMILES string of the molecule is COc1ccc(-c2nnc(SCc3cc(=O)n4nc(C)sc4n3)n2C)cc1. The van der Waals surface area contributed by atoms with Crippen molar-refractivity contribution in [3.05, 3.63) is 51.4 Å². The molecule has 0 unspecified atom stereocenters. The summed E-state index contributed by atoms with van der Waals surface area (Å²) in [6.07, 6.45) is 0. The van der Waals surface area contributed by atoms with Crippen LogP contribution in [0.25, 0.3) is 16.3 Å². The van der Waals surface area contributed by atoms with Gasteiger partial charge in [0, 0.05) is 24.4 Å². The van der Waals surface area contributed by atoms with Gasteiger partial charge in [0.1, 0.15) is 10.8 Å². The van der Waals surface area contributed by atoms with Crippen molar-refractivity contribution in [1.29, 1.82) is 0 Å². The van der Waals surface area contributed by atoms with Crippen LogP contribution in [0.2, 0.25) is 0 Å². The largest absolute Gasteiger partial charge is 0.497 e. The highest BCUT2D eigenvalue weighted by Gasteiger charge is 2.13. The summed E-state index contributed by atoms with van der Waals surface area (Å²) in [5.74, 6) is 2.08. The van der Waals surface area contributed by atoms with Gasteiger partial charge >= 0.3 is 0 Å². The van der Waals surface area contributed by atoms with Gasteiger partial charge in [0.2, 0.25) is 4.96 Å². The number of hydrogen-bond donors (Lipinski definition) is 0. The molecule has 0 aliphatic heterocycles. The first-order valence-electron chi connectivity index (χ1n) is 8.08. The van der Waals surface area contributed by atoms with Crippen LogP contribution in [-0.2, 0) is 12.8 Å². The van der Waals surface area contributed by atoms with E-state index in [-0.39, 0.29) is 5.56 Å². The van der Waals surface area contributed by atoms with Crippen LogP contribution in [0.5, 0.6) is 5.75 Å². The Morgan fingerprint density at radius 3 is 2.74 bits per heavy atom. The summed E-state index contributed by atoms with van der Waals surface area (Å²) in [5, 5.41) is 14.3. The summed E-state index contributed by atoms with van der Waals surface area (Å²) in [4.78, 5) is 17.3. The minimum absolute atomic E-state index is 0.170. The molecule has 0 bridgehead atoms. The first-order valence-corrected chi connectivity index (χ1v) is 9.88. The molecule has 138 valence electrons. The molecular weight excluding hydrogens is 384 g/mol. The lowest BCUT2D eigenvalue weighted by atomic mass is 10.2. The maximum absolute atomic E-state index is 12.1. The Labute approximate surface area is 162 Å². The van der Waals surface area contributed by atoms with E-state index in [1.165, 1.54) is 33.7 Å². The first-order chi connectivity index (χ1) is 13.0. The minimum atomic E-state index is -0.170. The van der Waals surface area contributed by atoms with E-state index >= 15 is 0 Å². The van der Waals surface area contributed by atoms with Crippen LogP contribution in [0, 0.1) is 6.92 Å². The van der Waals surface area contributed by atoms with Crippen molar-refractivity contribution in [2.45, 2.75) is 17.8 Å². The Bertz CT molecular complexity index is 1160. The molecule has 0 fully saturated rings. The zero-order valence-electron chi connectivity index (χ0n) is 14.9. The molecule has 0 atom stereocenters. The fourth-order valence-electron chi connectivity index (χ4n) is 2.60. The van der Waals surface area contributed by atoms with Crippen LogP contribution >= 0.6 is 23.1 Å². The molecule has 3 aromatic heterocycles. The third-order valence-corrected chi connectivity index (χ3v) is 5.81. The van der Waals surface area contributed by atoms with Gasteiger partial charge in [-0.15, -0.1) is 10.2 Å². The normalized spacial score (nSPS) is 11.2. The molecule has 0 amide bonds. The zero-order chi connectivity index (χ0) is 19.0. The van der Waals surface area contributed by atoms with Crippen molar-refractivity contribution in [2.24, 2.45) is 7.05 Å². The number of benzene rings is 1. The van der Waals surface area contributed by atoms with Gasteiger partial charge in [0.05, 0.1) is 12.8 Å². The van der Waals surface area contributed by atoms with Crippen LogP contribution in [-0.4, -0.2) is 36.5 Å². The van der Waals surface area contributed by atoms with Gasteiger partial charge in [0.15, 0.2) is 11.0 Å². The van der Waals surface area contributed by atoms with E-state index in [1.54, 1.807) is 7.11 Å². The molecule has 3 heterocycles. The van der Waals surface area contributed by atoms with E-state index in [1.807, 2.05) is 42.8 Å². The van der Waals surface area contributed by atoms with Gasteiger partial charge in [-0.1, -0.05) is 23.1 Å². The van der Waals surface area contributed by atoms with Crippen molar-refractivity contribution < 1.29 is 4.74 Å². The van der Waals surface area contributed by atoms with Gasteiger partial charge in [-0.05, 0) is 31.2 Å². The summed E-state index contributed by atoms with van der Waals surface area (Å²) >= 11 is 2.88. The van der Waals surface area contributed by atoms with Gasteiger partial charge in [-0.3, -0.25) is 4.79 Å². The molecule has 8 nitrogen and oxygen atoms in total. The van der Waals surface area contributed by atoms with Crippen LogP contribution in [0.3, 0.4) is 0 Å². The van der Waals surface area contributed by atoms with E-state index in [0.717, 1.165) is 27.3 Å². The van der Waals surface area contributed by atoms with Crippen molar-refractivity contribution in [1.82, 2.24) is 29.4 Å². The summed E-state index contributed by atoms with van der Waals surface area (Å²) in [7, 11) is 3.55. The average Bonchev–Trinajstić information content (AvgIpc) is 3.22. The third kappa shape index (κ3) is 3.45. The molecule has 0 aliphatic carbocycles. The Morgan fingerprint density at radius 1 is 1.22 bits per heavy atom. The summed E-state index contributed by atoms with van der Waals surface area (Å²) in [6, 6.07) is 9.18. The average molecular weight is 400 g/mol. The number of fused-ring (bicyclic) bond motifs is 1. The van der Waals surface area contributed by atoms with Crippen molar-refractivity contribution in [2.75, 3.05) is 7.11 Å². The highest BCUT2D eigenvalue weighted by atomic mass is 32.2. The molecule has 0 N–H and O–H groups in total. The third-order valence-electron chi connectivity index (χ3n) is 3.93. The molecular formula is C17H16N6O2S2. The summed E-state index contributed by atoms with van der Waals surface area (Å²) in [5.41, 5.74) is 1.48. The summed E-state index contributed by atoms with van der Waals surface area (Å²) in [6.45, 7) is 1.85. The molecule has 4 rings (SSSR count). The standard InChI is InChI=1S/C17H16N6O2S2/c1-10-21-23-14(24)8-12(18-16(23)27-10)9-26-17-20-19-15(22(17)2)11-4-6-13(25-3)7-5-11/h4-8H,9H2,1-3H3. The second kappa shape index (κ2) is 7.12. The minimum Gasteiger partial charge on any atom is -0.497 e. The number of aromatic nitrogens is 6. The zero-order valence-corrected chi connectivity index (χ0v) is 16.5. The van der Waals surface area contributed by atoms with Crippen molar-refractivity contribution >= 4 is 28.1 Å². The van der Waals surface area contributed by atoms with Crippen LogP contribution < -0.4 is 10.3 Å². The van der Waals surface area contributed by atoms with E-state index in [9.17, 15) is 4.79 Å². The number of ether oxygens (including phenoxy) is 1. The van der Waals surface area contributed by atoms with Crippen molar-refractivity contribution in [3.63, 3.8) is 0 Å². The van der Waals surface area contributed by atoms with E-state index in [2.05, 4.69) is 20.3 Å². The Balaban J connectivity index is 1.55. The quantitative estimate of drug-likeness (QED) is 0.476. The highest BCUT2D eigenvalue weighted by Crippen LogP contribution is 2.26. The van der Waals surface area contributed by atoms with Gasteiger partial charge < -0.3 is 9.30 Å². The topological polar surface area (TPSA) is 87.2 Å². The smallest absolute Gasteiger partial charge is 0.275 e. The van der Waals surface area contributed by atoms with Crippen molar-refractivity contribution in [3.8, 4) is 17.1 Å². The Morgan fingerprint density at radius 2 is 2.00 bits per heavy atom. The molecule has 27 heavy (non-hydrogen) atoms. The fraction of sp³-hybridized carbons (Fsp3) is 0.235. The number of methoxy groups -OCH3 is 1. The number of hydrogen-bond acceptors (Lipinski definition) is 8. The molecule has 1 aromatic carbocycles. The lowest BCUT2D eigenvalue weighted by molar-refractivity contribution is 0.415. The Kier molecular flexibility index (Phi) is 4.66.